The highest BCUT2D eigenvalue weighted by Gasteiger charge is 1.92. The van der Waals surface area contributed by atoms with Crippen molar-refractivity contribution in [1.82, 2.24) is 10.2 Å². The van der Waals surface area contributed by atoms with E-state index in [1.54, 1.807) is 19.2 Å². The average molecular weight is 176 g/mol. The predicted octanol–water partition coefficient (Wildman–Crippen LogP) is 1.64. The van der Waals surface area contributed by atoms with Gasteiger partial charge in [0.15, 0.2) is 0 Å². The van der Waals surface area contributed by atoms with Gasteiger partial charge in [0.05, 0.1) is 7.11 Å². The van der Waals surface area contributed by atoms with Crippen LogP contribution in [0, 0.1) is 11.8 Å². The van der Waals surface area contributed by atoms with Crippen molar-refractivity contribution >= 4 is 0 Å². The summed E-state index contributed by atoms with van der Waals surface area (Å²) in [5.74, 6) is 6.43. The van der Waals surface area contributed by atoms with Gasteiger partial charge in [0.2, 0.25) is 5.88 Å². The third kappa shape index (κ3) is 3.12. The highest BCUT2D eigenvalue weighted by atomic mass is 16.5. The maximum absolute atomic E-state index is 4.87. The quantitative estimate of drug-likeness (QED) is 0.642. The zero-order valence-corrected chi connectivity index (χ0v) is 7.87. The van der Waals surface area contributed by atoms with E-state index < -0.39 is 0 Å². The maximum atomic E-state index is 4.87. The zero-order chi connectivity index (χ0) is 9.52. The van der Waals surface area contributed by atoms with E-state index >= 15 is 0 Å². The third-order valence-corrected chi connectivity index (χ3v) is 1.44. The van der Waals surface area contributed by atoms with Crippen molar-refractivity contribution in [2.45, 2.75) is 19.8 Å². The van der Waals surface area contributed by atoms with Crippen LogP contribution in [0.1, 0.15) is 25.5 Å². The first-order valence-corrected chi connectivity index (χ1v) is 4.23. The van der Waals surface area contributed by atoms with E-state index in [-0.39, 0.29) is 0 Å². The fourth-order valence-corrected chi connectivity index (χ4v) is 0.774. The molecule has 0 atom stereocenters. The van der Waals surface area contributed by atoms with Gasteiger partial charge in [-0.05, 0) is 18.4 Å². The summed E-state index contributed by atoms with van der Waals surface area (Å²) in [5.41, 5.74) is 0.689. The molecule has 1 heterocycles. The topological polar surface area (TPSA) is 35.0 Å². The number of ether oxygens (including phenoxy) is 1. The van der Waals surface area contributed by atoms with Crippen molar-refractivity contribution in [1.29, 1.82) is 0 Å². The van der Waals surface area contributed by atoms with Gasteiger partial charge in [-0.2, -0.15) is 0 Å². The van der Waals surface area contributed by atoms with Crippen LogP contribution in [-0.4, -0.2) is 17.3 Å². The number of hydrogen-bond acceptors (Lipinski definition) is 3. The highest BCUT2D eigenvalue weighted by molar-refractivity contribution is 5.27. The smallest absolute Gasteiger partial charge is 0.233 e. The van der Waals surface area contributed by atoms with Gasteiger partial charge in [-0.1, -0.05) is 12.8 Å². The second-order valence-corrected chi connectivity index (χ2v) is 2.51. The molecule has 68 valence electrons. The first kappa shape index (κ1) is 9.53. The molecule has 0 fully saturated rings. The Balaban J connectivity index is 2.65. The molecular formula is C10H12N2O. The molecule has 1 aromatic rings. The van der Waals surface area contributed by atoms with Crippen LogP contribution >= 0.6 is 0 Å². The Labute approximate surface area is 78.1 Å². The van der Waals surface area contributed by atoms with Crippen molar-refractivity contribution in [3.8, 4) is 17.7 Å². The molecule has 0 radical (unpaired) electrons. The minimum Gasteiger partial charge on any atom is -0.480 e. The van der Waals surface area contributed by atoms with E-state index in [2.05, 4.69) is 29.0 Å². The fraction of sp³-hybridized carbons (Fsp3) is 0.400. The lowest BCUT2D eigenvalue weighted by molar-refractivity contribution is 0.391. The van der Waals surface area contributed by atoms with Crippen molar-refractivity contribution in [2.75, 3.05) is 7.11 Å². The van der Waals surface area contributed by atoms with Crippen LogP contribution in [0.3, 0.4) is 0 Å². The summed E-state index contributed by atoms with van der Waals surface area (Å²) in [6.45, 7) is 2.09. The third-order valence-electron chi connectivity index (χ3n) is 1.44. The first-order valence-electron chi connectivity index (χ1n) is 4.23. The number of hydrogen-bond donors (Lipinski definition) is 0. The Hall–Kier alpha value is -1.56. The summed E-state index contributed by atoms with van der Waals surface area (Å²) in [5, 5.41) is 7.67. The lowest BCUT2D eigenvalue weighted by atomic mass is 10.3. The van der Waals surface area contributed by atoms with E-state index in [4.69, 9.17) is 4.74 Å². The Morgan fingerprint density at radius 1 is 1.38 bits per heavy atom. The number of aromatic nitrogens is 2. The molecule has 1 aromatic heterocycles. The van der Waals surface area contributed by atoms with Gasteiger partial charge in [-0.15, -0.1) is 10.2 Å². The Kier molecular flexibility index (Phi) is 3.77. The van der Waals surface area contributed by atoms with Crippen LogP contribution < -0.4 is 4.74 Å². The molecular weight excluding hydrogens is 164 g/mol. The van der Waals surface area contributed by atoms with Crippen molar-refractivity contribution in [3.63, 3.8) is 0 Å². The second-order valence-electron chi connectivity index (χ2n) is 2.51. The van der Waals surface area contributed by atoms with Gasteiger partial charge < -0.3 is 4.74 Å². The van der Waals surface area contributed by atoms with Crippen LogP contribution in [0.25, 0.3) is 0 Å². The van der Waals surface area contributed by atoms with Gasteiger partial charge in [0.1, 0.15) is 5.69 Å². The van der Waals surface area contributed by atoms with Crippen LogP contribution in [0.4, 0.5) is 0 Å². The van der Waals surface area contributed by atoms with Crippen LogP contribution in [0.15, 0.2) is 12.1 Å². The molecule has 0 spiro atoms. The molecule has 3 heteroatoms. The van der Waals surface area contributed by atoms with Crippen molar-refractivity contribution in [3.05, 3.63) is 17.8 Å². The van der Waals surface area contributed by atoms with Crippen molar-refractivity contribution < 1.29 is 4.74 Å². The molecule has 0 saturated carbocycles. The average Bonchev–Trinajstić information content (AvgIpc) is 2.19. The molecule has 0 unspecified atom stereocenters. The van der Waals surface area contributed by atoms with Crippen LogP contribution in [0.2, 0.25) is 0 Å². The minimum absolute atomic E-state index is 0.515. The molecule has 0 saturated heterocycles. The number of methoxy groups -OCH3 is 1. The van der Waals surface area contributed by atoms with Gasteiger partial charge in [0.25, 0.3) is 0 Å². The Bertz CT molecular complexity index is 308. The molecule has 0 N–H and O–H groups in total. The van der Waals surface area contributed by atoms with E-state index in [1.807, 2.05) is 0 Å². The monoisotopic (exact) mass is 176 g/mol. The largest absolute Gasteiger partial charge is 0.480 e. The Morgan fingerprint density at radius 3 is 2.77 bits per heavy atom. The summed E-state index contributed by atoms with van der Waals surface area (Å²) < 4.78 is 4.87. The standard InChI is InChI=1S/C10H12N2O/c1-3-4-5-6-9-7-8-10(13-2)12-11-9/h7-8H,3-4H2,1-2H3. The molecule has 0 amide bonds. The normalized spacial score (nSPS) is 8.77. The Morgan fingerprint density at radius 2 is 2.23 bits per heavy atom. The van der Waals surface area contributed by atoms with E-state index in [0.717, 1.165) is 12.8 Å². The highest BCUT2D eigenvalue weighted by Crippen LogP contribution is 2.02. The van der Waals surface area contributed by atoms with Crippen molar-refractivity contribution in [2.24, 2.45) is 0 Å². The van der Waals surface area contributed by atoms with Crippen LogP contribution in [0.5, 0.6) is 5.88 Å². The zero-order valence-electron chi connectivity index (χ0n) is 7.87. The lowest BCUT2D eigenvalue weighted by Gasteiger charge is -1.94. The molecule has 0 aromatic carbocycles. The van der Waals surface area contributed by atoms with E-state index in [1.165, 1.54) is 0 Å². The van der Waals surface area contributed by atoms with Gasteiger partial charge >= 0.3 is 0 Å². The predicted molar refractivity (Wildman–Crippen MR) is 50.4 cm³/mol. The summed E-state index contributed by atoms with van der Waals surface area (Å²) in [6, 6.07) is 3.55. The molecule has 0 aliphatic heterocycles. The molecule has 1 rings (SSSR count). The van der Waals surface area contributed by atoms with E-state index in [0.29, 0.717) is 11.6 Å². The fourth-order valence-electron chi connectivity index (χ4n) is 0.774. The summed E-state index contributed by atoms with van der Waals surface area (Å²) in [6.07, 6.45) is 1.96. The molecule has 3 nitrogen and oxygen atoms in total. The summed E-state index contributed by atoms with van der Waals surface area (Å²) in [4.78, 5) is 0. The SMILES string of the molecule is CCCC#Cc1ccc(OC)nn1. The number of unbranched alkanes of at least 4 members (excludes halogenated alkanes) is 1. The molecule has 0 aliphatic rings. The molecule has 13 heavy (non-hydrogen) atoms. The molecule has 0 bridgehead atoms. The van der Waals surface area contributed by atoms with Gasteiger partial charge in [-0.3, -0.25) is 0 Å². The van der Waals surface area contributed by atoms with Crippen LogP contribution in [-0.2, 0) is 0 Å². The maximum Gasteiger partial charge on any atom is 0.233 e. The van der Waals surface area contributed by atoms with Gasteiger partial charge in [0, 0.05) is 12.5 Å². The lowest BCUT2D eigenvalue weighted by Crippen LogP contribution is -1.91. The summed E-state index contributed by atoms with van der Waals surface area (Å²) >= 11 is 0. The second kappa shape index (κ2) is 5.15. The first-order chi connectivity index (χ1) is 6.36. The number of nitrogens with zero attached hydrogens (tertiary/aromatic N) is 2. The summed E-state index contributed by atoms with van der Waals surface area (Å²) in [7, 11) is 1.56. The molecule has 0 aliphatic carbocycles. The number of rotatable bonds is 2. The minimum atomic E-state index is 0.515. The van der Waals surface area contributed by atoms with E-state index in [9.17, 15) is 0 Å². The van der Waals surface area contributed by atoms with Gasteiger partial charge in [-0.25, -0.2) is 0 Å².